The molecule has 1 amide bonds. The van der Waals surface area contributed by atoms with E-state index in [2.05, 4.69) is 29.1 Å². The number of aryl methyl sites for hydroxylation is 2. The van der Waals surface area contributed by atoms with E-state index in [1.807, 2.05) is 27.8 Å². The number of H-pyrrole nitrogens is 1. The maximum absolute atomic E-state index is 13.1. The van der Waals surface area contributed by atoms with Crippen molar-refractivity contribution >= 4 is 16.8 Å². The highest BCUT2D eigenvalue weighted by Gasteiger charge is 2.38. The fraction of sp³-hybridized carbons (Fsp3) is 0.421. The number of nitrogens with one attached hydrogen (secondary N) is 1. The molecule has 2 aromatic heterocycles. The SMILES string of the molecule is Cc1[nH]c2ccc(C(=O)N3CC[C@@H]4OCc5cnnn5[C@H]4C3)cc2c1C. The van der Waals surface area contributed by atoms with Gasteiger partial charge in [0.2, 0.25) is 0 Å². The van der Waals surface area contributed by atoms with E-state index in [-0.39, 0.29) is 18.1 Å². The van der Waals surface area contributed by atoms with Crippen LogP contribution < -0.4 is 0 Å². The summed E-state index contributed by atoms with van der Waals surface area (Å²) in [6.45, 7) is 5.99. The third kappa shape index (κ3) is 2.27. The molecule has 0 radical (unpaired) electrons. The minimum atomic E-state index is 0.0407. The van der Waals surface area contributed by atoms with E-state index in [1.54, 1.807) is 6.20 Å². The molecule has 134 valence electrons. The second kappa shape index (κ2) is 5.67. The largest absolute Gasteiger partial charge is 0.370 e. The van der Waals surface area contributed by atoms with Gasteiger partial charge in [0.05, 0.1) is 30.6 Å². The van der Waals surface area contributed by atoms with Crippen LogP contribution in [0, 0.1) is 13.8 Å². The van der Waals surface area contributed by atoms with E-state index in [4.69, 9.17) is 4.74 Å². The molecule has 2 atom stereocenters. The lowest BCUT2D eigenvalue weighted by Crippen LogP contribution is -2.49. The van der Waals surface area contributed by atoms with E-state index >= 15 is 0 Å². The van der Waals surface area contributed by atoms with E-state index in [9.17, 15) is 4.79 Å². The van der Waals surface area contributed by atoms with Crippen LogP contribution in [0.2, 0.25) is 0 Å². The van der Waals surface area contributed by atoms with Crippen molar-refractivity contribution in [1.29, 1.82) is 0 Å². The molecular weight excluding hydrogens is 330 g/mol. The molecule has 1 aromatic carbocycles. The minimum Gasteiger partial charge on any atom is -0.370 e. The summed E-state index contributed by atoms with van der Waals surface area (Å²) in [6.07, 6.45) is 2.66. The number of nitrogens with zero attached hydrogens (tertiary/aromatic N) is 4. The molecule has 5 rings (SSSR count). The molecule has 3 aromatic rings. The van der Waals surface area contributed by atoms with Gasteiger partial charge in [-0.1, -0.05) is 5.21 Å². The van der Waals surface area contributed by atoms with Gasteiger partial charge in [0.15, 0.2) is 0 Å². The average molecular weight is 351 g/mol. The molecule has 7 heteroatoms. The van der Waals surface area contributed by atoms with Gasteiger partial charge in [0.25, 0.3) is 5.91 Å². The fourth-order valence-corrected chi connectivity index (χ4v) is 4.14. The van der Waals surface area contributed by atoms with Gasteiger partial charge in [-0.2, -0.15) is 0 Å². The van der Waals surface area contributed by atoms with Gasteiger partial charge in [-0.15, -0.1) is 5.10 Å². The van der Waals surface area contributed by atoms with Crippen molar-refractivity contribution in [3.05, 3.63) is 46.9 Å². The lowest BCUT2D eigenvalue weighted by Gasteiger charge is -2.41. The molecule has 0 spiro atoms. The number of piperidine rings is 1. The molecule has 1 fully saturated rings. The number of aromatic amines is 1. The quantitative estimate of drug-likeness (QED) is 0.730. The molecule has 1 saturated heterocycles. The summed E-state index contributed by atoms with van der Waals surface area (Å²) < 4.78 is 7.86. The Hall–Kier alpha value is -2.67. The average Bonchev–Trinajstić information content (AvgIpc) is 3.25. The first-order chi connectivity index (χ1) is 12.6. The monoisotopic (exact) mass is 351 g/mol. The first-order valence-corrected chi connectivity index (χ1v) is 9.00. The van der Waals surface area contributed by atoms with Crippen molar-refractivity contribution in [2.45, 2.75) is 39.0 Å². The first kappa shape index (κ1) is 15.6. The van der Waals surface area contributed by atoms with Crippen molar-refractivity contribution < 1.29 is 9.53 Å². The number of fused-ring (bicyclic) bond motifs is 4. The summed E-state index contributed by atoms with van der Waals surface area (Å²) in [5.41, 5.74) is 5.11. The van der Waals surface area contributed by atoms with Gasteiger partial charge < -0.3 is 14.6 Å². The Balaban J connectivity index is 1.44. The number of hydrogen-bond acceptors (Lipinski definition) is 4. The van der Waals surface area contributed by atoms with Crippen molar-refractivity contribution in [2.75, 3.05) is 13.1 Å². The van der Waals surface area contributed by atoms with Crippen LogP contribution in [0.15, 0.2) is 24.4 Å². The second-order valence-corrected chi connectivity index (χ2v) is 7.26. The first-order valence-electron chi connectivity index (χ1n) is 9.00. The maximum Gasteiger partial charge on any atom is 0.253 e. The Morgan fingerprint density at radius 1 is 1.35 bits per heavy atom. The van der Waals surface area contributed by atoms with E-state index in [0.717, 1.165) is 34.3 Å². The Labute approximate surface area is 150 Å². The summed E-state index contributed by atoms with van der Waals surface area (Å²) in [5.74, 6) is 0.0656. The van der Waals surface area contributed by atoms with Crippen molar-refractivity contribution in [3.63, 3.8) is 0 Å². The van der Waals surface area contributed by atoms with Crippen LogP contribution >= 0.6 is 0 Å². The molecule has 1 N–H and O–H groups in total. The lowest BCUT2D eigenvalue weighted by molar-refractivity contribution is -0.0605. The standard InChI is InChI=1S/C19H21N5O2/c1-11-12(2)21-16-4-3-13(7-15(11)16)19(25)23-6-5-18-17(9-23)24-14(10-26-18)8-20-22-24/h3-4,7-8,17-18,21H,5-6,9-10H2,1-2H3/t17-,18-/m0/s1. The van der Waals surface area contributed by atoms with Crippen LogP contribution in [0.3, 0.4) is 0 Å². The zero-order valence-electron chi connectivity index (χ0n) is 14.9. The number of ether oxygens (including phenoxy) is 1. The highest BCUT2D eigenvalue weighted by molar-refractivity contribution is 5.99. The summed E-state index contributed by atoms with van der Waals surface area (Å²) in [4.78, 5) is 18.4. The number of rotatable bonds is 1. The van der Waals surface area contributed by atoms with E-state index < -0.39 is 0 Å². The number of hydrogen-bond donors (Lipinski definition) is 1. The predicted molar refractivity (Wildman–Crippen MR) is 95.9 cm³/mol. The van der Waals surface area contributed by atoms with E-state index in [1.165, 1.54) is 5.56 Å². The number of carbonyl (C=O) groups is 1. The molecule has 0 saturated carbocycles. The highest BCUT2D eigenvalue weighted by atomic mass is 16.5. The Bertz CT molecular complexity index is 1000. The topological polar surface area (TPSA) is 76.0 Å². The molecule has 26 heavy (non-hydrogen) atoms. The number of amides is 1. The van der Waals surface area contributed by atoms with Gasteiger partial charge in [-0.3, -0.25) is 4.79 Å². The smallest absolute Gasteiger partial charge is 0.253 e. The molecule has 0 aliphatic carbocycles. The highest BCUT2D eigenvalue weighted by Crippen LogP contribution is 2.31. The second-order valence-electron chi connectivity index (χ2n) is 7.26. The zero-order valence-corrected chi connectivity index (χ0v) is 14.9. The van der Waals surface area contributed by atoms with Crippen molar-refractivity contribution in [1.82, 2.24) is 24.9 Å². The van der Waals surface area contributed by atoms with Crippen LogP contribution in [-0.4, -0.2) is 50.0 Å². The van der Waals surface area contributed by atoms with Gasteiger partial charge >= 0.3 is 0 Å². The Morgan fingerprint density at radius 2 is 2.23 bits per heavy atom. The van der Waals surface area contributed by atoms with Crippen molar-refractivity contribution in [3.8, 4) is 0 Å². The van der Waals surface area contributed by atoms with Gasteiger partial charge in [0, 0.05) is 35.2 Å². The maximum atomic E-state index is 13.1. The van der Waals surface area contributed by atoms with Crippen molar-refractivity contribution in [2.24, 2.45) is 0 Å². The summed E-state index contributed by atoms with van der Waals surface area (Å²) in [5, 5.41) is 9.32. The number of likely N-dealkylation sites (tertiary alicyclic amines) is 1. The van der Waals surface area contributed by atoms with Crippen LogP contribution in [-0.2, 0) is 11.3 Å². The summed E-state index contributed by atoms with van der Waals surface area (Å²) >= 11 is 0. The minimum absolute atomic E-state index is 0.0407. The fourth-order valence-electron chi connectivity index (χ4n) is 4.14. The normalized spacial score (nSPS) is 22.3. The van der Waals surface area contributed by atoms with Crippen LogP contribution in [0.1, 0.15) is 39.8 Å². The van der Waals surface area contributed by atoms with Gasteiger partial charge in [0.1, 0.15) is 0 Å². The van der Waals surface area contributed by atoms with Gasteiger partial charge in [-0.05, 0) is 44.0 Å². The summed E-state index contributed by atoms with van der Waals surface area (Å²) in [7, 11) is 0. The zero-order chi connectivity index (χ0) is 17.8. The number of aromatic nitrogens is 4. The third-order valence-corrected chi connectivity index (χ3v) is 5.77. The van der Waals surface area contributed by atoms with Gasteiger partial charge in [-0.25, -0.2) is 4.68 Å². The molecular formula is C19H21N5O2. The molecule has 4 heterocycles. The Kier molecular flexibility index (Phi) is 3.40. The van der Waals surface area contributed by atoms with Crippen LogP contribution in [0.4, 0.5) is 0 Å². The predicted octanol–water partition coefficient (Wildman–Crippen LogP) is 2.36. The number of carbonyl (C=O) groups excluding carboxylic acids is 1. The number of benzene rings is 1. The molecule has 0 unspecified atom stereocenters. The van der Waals surface area contributed by atoms with Crippen LogP contribution in [0.25, 0.3) is 10.9 Å². The Morgan fingerprint density at radius 3 is 3.12 bits per heavy atom. The van der Waals surface area contributed by atoms with Crippen LogP contribution in [0.5, 0.6) is 0 Å². The molecule has 2 aliphatic rings. The third-order valence-electron chi connectivity index (χ3n) is 5.77. The molecule has 0 bridgehead atoms. The lowest BCUT2D eigenvalue weighted by atomic mass is 9.99. The van der Waals surface area contributed by atoms with E-state index in [0.29, 0.717) is 19.7 Å². The molecule has 2 aliphatic heterocycles. The molecule has 7 nitrogen and oxygen atoms in total. The summed E-state index contributed by atoms with van der Waals surface area (Å²) in [6, 6.07) is 5.94.